The van der Waals surface area contributed by atoms with Crippen LogP contribution in [-0.2, 0) is 34.1 Å². The molecule has 1 aliphatic carbocycles. The lowest BCUT2D eigenvalue weighted by atomic mass is 9.72. The number of benzene rings is 1. The molecule has 1 aromatic carbocycles. The van der Waals surface area contributed by atoms with Gasteiger partial charge in [-0.15, -0.1) is 0 Å². The highest BCUT2D eigenvalue weighted by atomic mass is 32.2. The average Bonchev–Trinajstić information content (AvgIpc) is 3.27. The van der Waals surface area contributed by atoms with Crippen molar-refractivity contribution in [2.75, 3.05) is 6.54 Å². The van der Waals surface area contributed by atoms with E-state index in [-0.39, 0.29) is 23.3 Å². The summed E-state index contributed by atoms with van der Waals surface area (Å²) in [5.74, 6) is -1.06. The van der Waals surface area contributed by atoms with Gasteiger partial charge in [0.2, 0.25) is 10.0 Å². The van der Waals surface area contributed by atoms with Gasteiger partial charge in [-0.25, -0.2) is 18.1 Å². The summed E-state index contributed by atoms with van der Waals surface area (Å²) in [4.78, 5) is 20.1. The highest BCUT2D eigenvalue weighted by Gasteiger charge is 2.29. The van der Waals surface area contributed by atoms with Crippen LogP contribution in [0.15, 0.2) is 47.9 Å². The van der Waals surface area contributed by atoms with E-state index >= 15 is 0 Å². The van der Waals surface area contributed by atoms with Crippen molar-refractivity contribution in [3.05, 3.63) is 59.8 Å². The zero-order valence-corrected chi connectivity index (χ0v) is 20.5. The molecule has 0 fully saturated rings. The zero-order chi connectivity index (χ0) is 24.5. The van der Waals surface area contributed by atoms with E-state index in [2.05, 4.69) is 30.5 Å². The van der Waals surface area contributed by atoms with Gasteiger partial charge in [0.25, 0.3) is 0 Å². The molecule has 34 heavy (non-hydrogen) atoms. The standard InChI is InChI=1S/C25H30N4O4S/c1-4-22-20-13-25(2,3)11-9-19(20)21(14-26-22)23-15-29(16-27-23)17-5-7-18(8-6-17)34(32,33)28-12-10-24(30)31/h5-8,14-16,28H,4,9-13H2,1-3H3,(H,30,31). The molecule has 2 N–H and O–H groups in total. The lowest BCUT2D eigenvalue weighted by molar-refractivity contribution is -0.136. The van der Waals surface area contributed by atoms with Gasteiger partial charge in [-0.05, 0) is 66.5 Å². The van der Waals surface area contributed by atoms with Crippen LogP contribution >= 0.6 is 0 Å². The lowest BCUT2D eigenvalue weighted by Gasteiger charge is -2.33. The summed E-state index contributed by atoms with van der Waals surface area (Å²) < 4.78 is 28.9. The Morgan fingerprint density at radius 3 is 2.59 bits per heavy atom. The normalized spacial score (nSPS) is 15.1. The number of aromatic nitrogens is 3. The first-order valence-electron chi connectivity index (χ1n) is 11.5. The number of nitrogens with one attached hydrogen (secondary N) is 1. The molecule has 2 aromatic heterocycles. The number of sulfonamides is 1. The first-order chi connectivity index (χ1) is 16.1. The number of rotatable bonds is 8. The van der Waals surface area contributed by atoms with Gasteiger partial charge in [0.15, 0.2) is 0 Å². The fourth-order valence-electron chi connectivity index (χ4n) is 4.46. The number of carbonyl (C=O) groups is 1. The van der Waals surface area contributed by atoms with Gasteiger partial charge in [0, 0.05) is 35.9 Å². The Hall–Kier alpha value is -3.04. The summed E-state index contributed by atoms with van der Waals surface area (Å²) in [6.45, 7) is 6.60. The summed E-state index contributed by atoms with van der Waals surface area (Å²) in [7, 11) is -3.77. The second-order valence-electron chi connectivity index (χ2n) is 9.47. The number of carboxylic acid groups (broad SMARTS) is 1. The van der Waals surface area contributed by atoms with E-state index < -0.39 is 16.0 Å². The van der Waals surface area contributed by atoms with Gasteiger partial charge in [-0.2, -0.15) is 0 Å². The Balaban J connectivity index is 1.58. The number of hydrogen-bond donors (Lipinski definition) is 2. The highest BCUT2D eigenvalue weighted by Crippen LogP contribution is 2.39. The largest absolute Gasteiger partial charge is 0.481 e. The monoisotopic (exact) mass is 482 g/mol. The fraction of sp³-hybridized carbons (Fsp3) is 0.400. The number of aliphatic carboxylic acids is 1. The summed E-state index contributed by atoms with van der Waals surface area (Å²) in [6.07, 6.45) is 9.37. The van der Waals surface area contributed by atoms with Gasteiger partial charge < -0.3 is 9.67 Å². The molecular weight excluding hydrogens is 452 g/mol. The van der Waals surface area contributed by atoms with E-state index in [1.54, 1.807) is 18.5 Å². The number of imidazole rings is 1. The van der Waals surface area contributed by atoms with Gasteiger partial charge in [0.1, 0.15) is 0 Å². The molecule has 0 saturated carbocycles. The molecule has 1 aliphatic rings. The quantitative estimate of drug-likeness (QED) is 0.505. The molecule has 0 amide bonds. The number of nitrogens with zero attached hydrogens (tertiary/aromatic N) is 3. The van der Waals surface area contributed by atoms with Crippen molar-refractivity contribution in [1.29, 1.82) is 0 Å². The summed E-state index contributed by atoms with van der Waals surface area (Å²) >= 11 is 0. The zero-order valence-electron chi connectivity index (χ0n) is 19.7. The van der Waals surface area contributed by atoms with Crippen LogP contribution in [0.3, 0.4) is 0 Å². The molecule has 0 saturated heterocycles. The summed E-state index contributed by atoms with van der Waals surface area (Å²) in [6, 6.07) is 6.40. The van der Waals surface area contributed by atoms with Crippen LogP contribution in [0.4, 0.5) is 0 Å². The third kappa shape index (κ3) is 5.05. The molecule has 0 spiro atoms. The van der Waals surface area contributed by atoms with Crippen molar-refractivity contribution >= 4 is 16.0 Å². The van der Waals surface area contributed by atoms with Crippen molar-refractivity contribution in [3.8, 4) is 16.9 Å². The van der Waals surface area contributed by atoms with E-state index in [0.29, 0.717) is 0 Å². The number of carboxylic acids is 1. The van der Waals surface area contributed by atoms with Crippen molar-refractivity contribution in [1.82, 2.24) is 19.3 Å². The lowest BCUT2D eigenvalue weighted by Crippen LogP contribution is -2.26. The van der Waals surface area contributed by atoms with Gasteiger partial charge in [0.05, 0.1) is 23.3 Å². The van der Waals surface area contributed by atoms with E-state index in [1.165, 1.54) is 29.0 Å². The smallest absolute Gasteiger partial charge is 0.304 e. The van der Waals surface area contributed by atoms with Gasteiger partial charge in [-0.1, -0.05) is 20.8 Å². The van der Waals surface area contributed by atoms with Crippen molar-refractivity contribution in [2.24, 2.45) is 5.41 Å². The van der Waals surface area contributed by atoms with Crippen LogP contribution in [0, 0.1) is 5.41 Å². The molecule has 180 valence electrons. The van der Waals surface area contributed by atoms with Crippen LogP contribution in [0.2, 0.25) is 0 Å². The third-order valence-corrected chi connectivity index (χ3v) is 7.84. The van der Waals surface area contributed by atoms with E-state index in [4.69, 9.17) is 10.1 Å². The third-order valence-electron chi connectivity index (χ3n) is 6.36. The summed E-state index contributed by atoms with van der Waals surface area (Å²) in [5, 5.41) is 8.69. The van der Waals surface area contributed by atoms with Crippen LogP contribution in [0.25, 0.3) is 16.9 Å². The average molecular weight is 483 g/mol. The molecular formula is C25H30N4O4S. The minimum Gasteiger partial charge on any atom is -0.481 e. The fourth-order valence-corrected chi connectivity index (χ4v) is 5.49. The first-order valence-corrected chi connectivity index (χ1v) is 12.9. The molecule has 0 radical (unpaired) electrons. The van der Waals surface area contributed by atoms with Crippen LogP contribution < -0.4 is 4.72 Å². The number of aryl methyl sites for hydroxylation is 1. The van der Waals surface area contributed by atoms with E-state index in [1.807, 2.05) is 17.0 Å². The van der Waals surface area contributed by atoms with Crippen LogP contribution in [0.1, 0.15) is 50.4 Å². The Kier molecular flexibility index (Phi) is 6.60. The predicted molar refractivity (Wildman–Crippen MR) is 129 cm³/mol. The van der Waals surface area contributed by atoms with Crippen molar-refractivity contribution < 1.29 is 18.3 Å². The second kappa shape index (κ2) is 9.31. The Bertz CT molecular complexity index is 1310. The molecule has 3 aromatic rings. The second-order valence-corrected chi connectivity index (χ2v) is 11.2. The predicted octanol–water partition coefficient (Wildman–Crippen LogP) is 3.76. The Morgan fingerprint density at radius 1 is 1.18 bits per heavy atom. The van der Waals surface area contributed by atoms with Crippen molar-refractivity contribution in [2.45, 2.75) is 57.8 Å². The highest BCUT2D eigenvalue weighted by molar-refractivity contribution is 7.89. The maximum atomic E-state index is 12.4. The maximum Gasteiger partial charge on any atom is 0.304 e. The molecule has 0 unspecified atom stereocenters. The molecule has 9 heteroatoms. The Labute approximate surface area is 200 Å². The number of fused-ring (bicyclic) bond motifs is 1. The number of hydrogen-bond acceptors (Lipinski definition) is 5. The SMILES string of the molecule is CCc1ncc(-c2cn(-c3ccc(S(=O)(=O)NCCC(=O)O)cc3)cn2)c2c1CC(C)(C)CC2. The van der Waals surface area contributed by atoms with E-state index in [9.17, 15) is 13.2 Å². The van der Waals surface area contributed by atoms with Gasteiger partial charge >= 0.3 is 5.97 Å². The molecule has 8 nitrogen and oxygen atoms in total. The Morgan fingerprint density at radius 2 is 1.91 bits per heavy atom. The minimum absolute atomic E-state index is 0.0815. The molecule has 4 rings (SSSR count). The van der Waals surface area contributed by atoms with Gasteiger partial charge in [-0.3, -0.25) is 9.78 Å². The maximum absolute atomic E-state index is 12.4. The molecule has 0 bridgehead atoms. The first kappa shape index (κ1) is 24.1. The summed E-state index contributed by atoms with van der Waals surface area (Å²) in [5.41, 5.74) is 6.81. The van der Waals surface area contributed by atoms with Crippen molar-refractivity contribution in [3.63, 3.8) is 0 Å². The molecule has 0 aliphatic heterocycles. The number of pyridine rings is 1. The van der Waals surface area contributed by atoms with Crippen LogP contribution in [-0.4, -0.2) is 40.6 Å². The minimum atomic E-state index is -3.77. The molecule has 0 atom stereocenters. The van der Waals surface area contributed by atoms with E-state index in [0.717, 1.165) is 42.6 Å². The molecule has 2 heterocycles. The topological polar surface area (TPSA) is 114 Å². The van der Waals surface area contributed by atoms with Crippen LogP contribution in [0.5, 0.6) is 0 Å².